The van der Waals surface area contributed by atoms with Gasteiger partial charge in [-0.25, -0.2) is 0 Å². The van der Waals surface area contributed by atoms with Crippen molar-refractivity contribution in [1.82, 2.24) is 10.6 Å². The fourth-order valence-electron chi connectivity index (χ4n) is 2.44. The molecule has 3 N–H and O–H groups in total. The second kappa shape index (κ2) is 10.2. The molecular weight excluding hydrogens is 330 g/mol. The van der Waals surface area contributed by atoms with E-state index in [9.17, 15) is 9.59 Å². The number of rotatable bonds is 9. The number of carbonyl (C=O) groups excluding carboxylic acids is 2. The molecule has 0 saturated carbocycles. The first-order valence-electron chi connectivity index (χ1n) is 8.61. The Hall–Kier alpha value is -2.86. The Kier molecular flexibility index (Phi) is 7.64. The number of carbonyl (C=O) groups is 2. The van der Waals surface area contributed by atoms with Crippen LogP contribution in [0.15, 0.2) is 54.6 Å². The fraction of sp³-hybridized carbons (Fsp3) is 0.300. The van der Waals surface area contributed by atoms with Gasteiger partial charge in [0, 0.05) is 12.1 Å². The van der Waals surface area contributed by atoms with E-state index in [1.54, 1.807) is 12.1 Å². The second-order valence-electron chi connectivity index (χ2n) is 6.31. The summed E-state index contributed by atoms with van der Waals surface area (Å²) in [5, 5.41) is 5.39. The highest BCUT2D eigenvalue weighted by atomic mass is 16.5. The molecule has 138 valence electrons. The molecule has 2 aromatic carbocycles. The predicted octanol–water partition coefficient (Wildman–Crippen LogP) is 0.143. The summed E-state index contributed by atoms with van der Waals surface area (Å²) in [6.45, 7) is 1.14. The van der Waals surface area contributed by atoms with E-state index in [0.29, 0.717) is 12.3 Å². The summed E-state index contributed by atoms with van der Waals surface area (Å²) in [4.78, 5) is 25.0. The van der Waals surface area contributed by atoms with Crippen molar-refractivity contribution in [3.8, 4) is 5.75 Å². The quantitative estimate of drug-likeness (QED) is 0.599. The van der Waals surface area contributed by atoms with E-state index in [-0.39, 0.29) is 25.0 Å². The van der Waals surface area contributed by atoms with Crippen molar-refractivity contribution in [1.29, 1.82) is 0 Å². The van der Waals surface area contributed by atoms with Crippen molar-refractivity contribution in [2.45, 2.75) is 13.1 Å². The van der Waals surface area contributed by atoms with E-state index in [0.717, 1.165) is 12.1 Å². The van der Waals surface area contributed by atoms with Gasteiger partial charge in [-0.2, -0.15) is 0 Å². The maximum atomic E-state index is 12.0. The molecular formula is C20H26N3O3+. The molecule has 2 amide bonds. The molecule has 0 radical (unpaired) electrons. The lowest BCUT2D eigenvalue weighted by Crippen LogP contribution is -3.04. The van der Waals surface area contributed by atoms with Crippen LogP contribution in [0.3, 0.4) is 0 Å². The Bertz CT molecular complexity index is 717. The van der Waals surface area contributed by atoms with Crippen molar-refractivity contribution < 1.29 is 19.2 Å². The van der Waals surface area contributed by atoms with Crippen LogP contribution in [0.1, 0.15) is 11.1 Å². The lowest BCUT2D eigenvalue weighted by molar-refractivity contribution is -0.872. The van der Waals surface area contributed by atoms with Gasteiger partial charge in [-0.3, -0.25) is 9.59 Å². The molecule has 0 aliphatic rings. The van der Waals surface area contributed by atoms with E-state index < -0.39 is 0 Å². The lowest BCUT2D eigenvalue weighted by atomic mass is 10.1. The molecule has 0 unspecified atom stereocenters. The van der Waals surface area contributed by atoms with Gasteiger partial charge in [0.15, 0.2) is 6.61 Å². The monoisotopic (exact) mass is 356 g/mol. The molecule has 0 bridgehead atoms. The Morgan fingerprint density at radius 2 is 1.54 bits per heavy atom. The van der Waals surface area contributed by atoms with Crippen molar-refractivity contribution in [2.24, 2.45) is 0 Å². The van der Waals surface area contributed by atoms with Crippen LogP contribution in [0, 0.1) is 0 Å². The highest BCUT2D eigenvalue weighted by Crippen LogP contribution is 2.08. The van der Waals surface area contributed by atoms with E-state index in [4.69, 9.17) is 4.74 Å². The fourth-order valence-corrected chi connectivity index (χ4v) is 2.44. The minimum absolute atomic E-state index is 0.0713. The number of benzene rings is 2. The Balaban J connectivity index is 1.71. The molecule has 0 saturated heterocycles. The van der Waals surface area contributed by atoms with Gasteiger partial charge in [-0.05, 0) is 17.7 Å². The van der Waals surface area contributed by atoms with Gasteiger partial charge in [0.2, 0.25) is 5.91 Å². The van der Waals surface area contributed by atoms with Crippen molar-refractivity contribution >= 4 is 11.8 Å². The summed E-state index contributed by atoms with van der Waals surface area (Å²) < 4.78 is 5.34. The first-order valence-corrected chi connectivity index (χ1v) is 8.61. The number of para-hydroxylation sites is 1. The van der Waals surface area contributed by atoms with Gasteiger partial charge in [0.1, 0.15) is 12.3 Å². The SMILES string of the molecule is C[NH+](C)Cc1ccccc1CNC(=O)CNC(=O)COc1ccccc1. The number of hydrogen-bond donors (Lipinski definition) is 3. The molecule has 0 aliphatic carbocycles. The van der Waals surface area contributed by atoms with Gasteiger partial charge >= 0.3 is 0 Å². The van der Waals surface area contributed by atoms with Crippen LogP contribution >= 0.6 is 0 Å². The largest absolute Gasteiger partial charge is 0.484 e. The van der Waals surface area contributed by atoms with Crippen LogP contribution in [0.25, 0.3) is 0 Å². The second-order valence-corrected chi connectivity index (χ2v) is 6.31. The zero-order valence-electron chi connectivity index (χ0n) is 15.2. The maximum absolute atomic E-state index is 12.0. The Morgan fingerprint density at radius 3 is 2.23 bits per heavy atom. The van der Waals surface area contributed by atoms with Crippen molar-refractivity contribution in [2.75, 3.05) is 27.2 Å². The Labute approximate surface area is 154 Å². The van der Waals surface area contributed by atoms with E-state index >= 15 is 0 Å². The maximum Gasteiger partial charge on any atom is 0.258 e. The van der Waals surface area contributed by atoms with Crippen molar-refractivity contribution in [3.05, 3.63) is 65.7 Å². The molecule has 2 rings (SSSR count). The molecule has 0 spiro atoms. The number of nitrogens with one attached hydrogen (secondary N) is 3. The summed E-state index contributed by atoms with van der Waals surface area (Å²) in [5.41, 5.74) is 2.29. The third kappa shape index (κ3) is 6.94. The molecule has 6 heteroatoms. The topological polar surface area (TPSA) is 71.9 Å². The standard InChI is InChI=1S/C20H25N3O3/c1-23(2)14-17-9-7-6-8-16(17)12-21-19(24)13-22-20(25)15-26-18-10-4-3-5-11-18/h3-11H,12-15H2,1-2H3,(H,21,24)(H,22,25)/p+1. The van der Waals surface area contributed by atoms with Gasteiger partial charge < -0.3 is 20.3 Å². The average molecular weight is 356 g/mol. The third-order valence-corrected chi connectivity index (χ3v) is 3.70. The zero-order valence-corrected chi connectivity index (χ0v) is 15.2. The number of quaternary nitrogens is 1. The van der Waals surface area contributed by atoms with Crippen LogP contribution in [-0.4, -0.2) is 39.1 Å². The summed E-state index contributed by atoms with van der Waals surface area (Å²) >= 11 is 0. The zero-order chi connectivity index (χ0) is 18.8. The molecule has 6 nitrogen and oxygen atoms in total. The molecule has 0 aliphatic heterocycles. The van der Waals surface area contributed by atoms with Crippen LogP contribution in [0.4, 0.5) is 0 Å². The van der Waals surface area contributed by atoms with Gasteiger partial charge in [0.25, 0.3) is 5.91 Å². The molecule has 0 aromatic heterocycles. The number of ether oxygens (including phenoxy) is 1. The molecule has 26 heavy (non-hydrogen) atoms. The highest BCUT2D eigenvalue weighted by molar-refractivity contribution is 5.85. The predicted molar refractivity (Wildman–Crippen MR) is 99.8 cm³/mol. The molecule has 0 atom stereocenters. The summed E-state index contributed by atoms with van der Waals surface area (Å²) in [7, 11) is 4.17. The molecule has 0 heterocycles. The van der Waals surface area contributed by atoms with Crippen LogP contribution in [0.5, 0.6) is 5.75 Å². The lowest BCUT2D eigenvalue weighted by Gasteiger charge is -2.13. The van der Waals surface area contributed by atoms with Crippen LogP contribution in [-0.2, 0) is 22.7 Å². The first kappa shape index (κ1) is 19.5. The number of amides is 2. The van der Waals surface area contributed by atoms with Gasteiger partial charge in [-0.15, -0.1) is 0 Å². The van der Waals surface area contributed by atoms with Crippen molar-refractivity contribution in [3.63, 3.8) is 0 Å². The van der Waals surface area contributed by atoms with Crippen LogP contribution in [0.2, 0.25) is 0 Å². The minimum Gasteiger partial charge on any atom is -0.484 e. The van der Waals surface area contributed by atoms with Gasteiger partial charge in [0.05, 0.1) is 20.6 Å². The van der Waals surface area contributed by atoms with E-state index in [1.165, 1.54) is 10.5 Å². The smallest absolute Gasteiger partial charge is 0.258 e. The Morgan fingerprint density at radius 1 is 0.885 bits per heavy atom. The minimum atomic E-state index is -0.333. The number of hydrogen-bond acceptors (Lipinski definition) is 3. The van der Waals surface area contributed by atoms with Gasteiger partial charge in [-0.1, -0.05) is 42.5 Å². The highest BCUT2D eigenvalue weighted by Gasteiger charge is 2.09. The summed E-state index contributed by atoms with van der Waals surface area (Å²) in [6.07, 6.45) is 0. The summed E-state index contributed by atoms with van der Waals surface area (Å²) in [6, 6.07) is 17.1. The van der Waals surface area contributed by atoms with Crippen LogP contribution < -0.4 is 20.3 Å². The normalized spacial score (nSPS) is 10.4. The average Bonchev–Trinajstić information content (AvgIpc) is 2.64. The molecule has 2 aromatic rings. The third-order valence-electron chi connectivity index (χ3n) is 3.70. The van der Waals surface area contributed by atoms with E-state index in [1.807, 2.05) is 36.4 Å². The summed E-state index contributed by atoms with van der Waals surface area (Å²) in [5.74, 6) is 0.0532. The first-order chi connectivity index (χ1) is 12.5. The molecule has 0 fully saturated rings. The van der Waals surface area contributed by atoms with E-state index in [2.05, 4.69) is 30.8 Å².